The molecule has 0 aromatic heterocycles. The van der Waals surface area contributed by atoms with Crippen molar-refractivity contribution in [1.29, 1.82) is 0 Å². The minimum Gasteiger partial charge on any atom is -0.311 e. The topological polar surface area (TPSA) is 52.4 Å². The fraction of sp³-hybridized carbons (Fsp3) is 0.600. The molecule has 0 radical (unpaired) electrons. The fourth-order valence-corrected chi connectivity index (χ4v) is 1.34. The molecular formula is C10H14FNO3. The maximum atomic E-state index is 12.9. The molecule has 0 heterocycles. The Morgan fingerprint density at radius 3 is 3.00 bits per heavy atom. The Kier molecular flexibility index (Phi) is 3.96. The van der Waals surface area contributed by atoms with E-state index in [1.54, 1.807) is 0 Å². The van der Waals surface area contributed by atoms with Gasteiger partial charge in [0.2, 0.25) is 0 Å². The molecule has 5 heteroatoms. The molecule has 0 spiro atoms. The van der Waals surface area contributed by atoms with E-state index in [4.69, 9.17) is 4.74 Å². The molecule has 1 aliphatic rings. The highest BCUT2D eigenvalue weighted by molar-refractivity contribution is 5.21. The first-order chi connectivity index (χ1) is 7.10. The monoisotopic (exact) mass is 215 g/mol. The first-order valence-electron chi connectivity index (χ1n) is 4.94. The van der Waals surface area contributed by atoms with Gasteiger partial charge in [0.25, 0.3) is 0 Å². The van der Waals surface area contributed by atoms with Crippen molar-refractivity contribution in [1.82, 2.24) is 0 Å². The van der Waals surface area contributed by atoms with E-state index < -0.39 is 16.5 Å². The molecule has 0 aromatic carbocycles. The number of hydrogen-bond acceptors (Lipinski definition) is 3. The Hall–Kier alpha value is -1.23. The summed E-state index contributed by atoms with van der Waals surface area (Å²) in [6.45, 7) is 2.23. The summed E-state index contributed by atoms with van der Waals surface area (Å²) in [6, 6.07) is 0. The average molecular weight is 215 g/mol. The van der Waals surface area contributed by atoms with Crippen LogP contribution in [0.3, 0.4) is 0 Å². The van der Waals surface area contributed by atoms with E-state index >= 15 is 0 Å². The Labute approximate surface area is 87.6 Å². The zero-order chi connectivity index (χ0) is 11.3. The molecule has 4 nitrogen and oxygen atoms in total. The zero-order valence-corrected chi connectivity index (χ0v) is 8.61. The van der Waals surface area contributed by atoms with Crippen molar-refractivity contribution in [2.45, 2.75) is 31.9 Å². The van der Waals surface area contributed by atoms with Crippen molar-refractivity contribution in [3.05, 3.63) is 34.2 Å². The number of unbranched alkanes of at least 4 members (excludes halogenated alkanes) is 1. The molecule has 0 saturated carbocycles. The van der Waals surface area contributed by atoms with Gasteiger partial charge in [-0.15, -0.1) is 0 Å². The highest BCUT2D eigenvalue weighted by Crippen LogP contribution is 2.27. The second-order valence-corrected chi connectivity index (χ2v) is 3.44. The standard InChI is InChI=1S/C10H14FNO3/c1-2-3-7-15-10(12(13)14)6-4-5-9(11)8-10/h4-5,8H,2-3,6-7H2,1H3. The van der Waals surface area contributed by atoms with Crippen molar-refractivity contribution in [2.24, 2.45) is 0 Å². The van der Waals surface area contributed by atoms with Crippen LogP contribution in [-0.4, -0.2) is 17.3 Å². The minimum absolute atomic E-state index is 0.0805. The molecule has 1 rings (SSSR count). The second kappa shape index (κ2) is 5.02. The number of halogens is 1. The molecule has 84 valence electrons. The third kappa shape index (κ3) is 2.86. The predicted molar refractivity (Wildman–Crippen MR) is 53.5 cm³/mol. The Balaban J connectivity index is 2.72. The Morgan fingerprint density at radius 1 is 1.73 bits per heavy atom. The summed E-state index contributed by atoms with van der Waals surface area (Å²) in [5.74, 6) is -0.616. The number of nitrogens with zero attached hydrogens (tertiary/aromatic N) is 1. The second-order valence-electron chi connectivity index (χ2n) is 3.44. The third-order valence-corrected chi connectivity index (χ3v) is 2.21. The van der Waals surface area contributed by atoms with Crippen LogP contribution in [0.25, 0.3) is 0 Å². The SMILES string of the molecule is CCCCOC1([N+](=O)[O-])C=C(F)C=CC1. The lowest BCUT2D eigenvalue weighted by molar-refractivity contribution is -0.613. The Bertz CT molecular complexity index is 301. The third-order valence-electron chi connectivity index (χ3n) is 2.21. The number of nitro groups is 1. The fourth-order valence-electron chi connectivity index (χ4n) is 1.34. The van der Waals surface area contributed by atoms with Gasteiger partial charge in [-0.1, -0.05) is 19.4 Å². The van der Waals surface area contributed by atoms with Gasteiger partial charge in [-0.2, -0.15) is 0 Å². The molecule has 1 atom stereocenters. The maximum Gasteiger partial charge on any atom is 0.351 e. The van der Waals surface area contributed by atoms with Crippen LogP contribution in [0.1, 0.15) is 26.2 Å². The van der Waals surface area contributed by atoms with E-state index in [9.17, 15) is 14.5 Å². The summed E-state index contributed by atoms with van der Waals surface area (Å²) in [7, 11) is 0. The van der Waals surface area contributed by atoms with Gasteiger partial charge in [0.15, 0.2) is 0 Å². The summed E-state index contributed by atoms with van der Waals surface area (Å²) in [5.41, 5.74) is -1.70. The summed E-state index contributed by atoms with van der Waals surface area (Å²) in [5, 5.41) is 10.9. The zero-order valence-electron chi connectivity index (χ0n) is 8.61. The largest absolute Gasteiger partial charge is 0.351 e. The lowest BCUT2D eigenvalue weighted by Crippen LogP contribution is -2.40. The molecule has 0 saturated heterocycles. The van der Waals surface area contributed by atoms with Crippen LogP contribution in [0, 0.1) is 10.1 Å². The first-order valence-corrected chi connectivity index (χ1v) is 4.94. The van der Waals surface area contributed by atoms with Gasteiger partial charge < -0.3 is 4.74 Å². The van der Waals surface area contributed by atoms with Gasteiger partial charge in [0, 0.05) is 0 Å². The van der Waals surface area contributed by atoms with Crippen LogP contribution in [0.2, 0.25) is 0 Å². The van der Waals surface area contributed by atoms with Gasteiger partial charge in [-0.25, -0.2) is 4.39 Å². The smallest absolute Gasteiger partial charge is 0.311 e. The highest BCUT2D eigenvalue weighted by Gasteiger charge is 2.42. The van der Waals surface area contributed by atoms with Gasteiger partial charge >= 0.3 is 5.72 Å². The highest BCUT2D eigenvalue weighted by atomic mass is 19.1. The van der Waals surface area contributed by atoms with Gasteiger partial charge in [-0.05, 0) is 12.5 Å². The molecule has 0 fully saturated rings. The normalized spacial score (nSPS) is 25.1. The van der Waals surface area contributed by atoms with Crippen LogP contribution in [-0.2, 0) is 4.74 Å². The Morgan fingerprint density at radius 2 is 2.47 bits per heavy atom. The van der Waals surface area contributed by atoms with Crippen molar-refractivity contribution in [3.8, 4) is 0 Å². The quantitative estimate of drug-likeness (QED) is 0.306. The van der Waals surface area contributed by atoms with Crippen LogP contribution in [0.5, 0.6) is 0 Å². The molecule has 0 N–H and O–H groups in total. The predicted octanol–water partition coefficient (Wildman–Crippen LogP) is 2.59. The number of hydrogen-bond donors (Lipinski definition) is 0. The van der Waals surface area contributed by atoms with Crippen molar-refractivity contribution in [3.63, 3.8) is 0 Å². The van der Waals surface area contributed by atoms with Gasteiger partial charge in [-0.3, -0.25) is 10.1 Å². The summed E-state index contributed by atoms with van der Waals surface area (Å²) >= 11 is 0. The van der Waals surface area contributed by atoms with E-state index in [1.807, 2.05) is 6.92 Å². The summed E-state index contributed by atoms with van der Waals surface area (Å²) in [6.07, 6.45) is 5.26. The van der Waals surface area contributed by atoms with Crippen molar-refractivity contribution in [2.75, 3.05) is 6.61 Å². The van der Waals surface area contributed by atoms with Gasteiger partial charge in [0.05, 0.1) is 24.0 Å². The van der Waals surface area contributed by atoms with Crippen molar-refractivity contribution >= 4 is 0 Å². The van der Waals surface area contributed by atoms with E-state index in [0.29, 0.717) is 0 Å². The molecule has 0 amide bonds. The minimum atomic E-state index is -1.70. The van der Waals surface area contributed by atoms with Crippen LogP contribution in [0.15, 0.2) is 24.1 Å². The summed E-state index contributed by atoms with van der Waals surface area (Å²) in [4.78, 5) is 10.3. The molecule has 0 bridgehead atoms. The van der Waals surface area contributed by atoms with Gasteiger partial charge in [0.1, 0.15) is 5.83 Å². The molecule has 1 unspecified atom stereocenters. The maximum absolute atomic E-state index is 12.9. The van der Waals surface area contributed by atoms with Crippen LogP contribution in [0.4, 0.5) is 4.39 Å². The van der Waals surface area contributed by atoms with Crippen LogP contribution < -0.4 is 0 Å². The average Bonchev–Trinajstić information content (AvgIpc) is 2.18. The molecular weight excluding hydrogens is 201 g/mol. The van der Waals surface area contributed by atoms with Crippen LogP contribution >= 0.6 is 0 Å². The molecule has 15 heavy (non-hydrogen) atoms. The lowest BCUT2D eigenvalue weighted by Gasteiger charge is -2.22. The number of ether oxygens (including phenoxy) is 1. The molecule has 0 aliphatic heterocycles. The van der Waals surface area contributed by atoms with E-state index in [2.05, 4.69) is 0 Å². The van der Waals surface area contributed by atoms with Crippen molar-refractivity contribution < 1.29 is 14.1 Å². The number of rotatable bonds is 5. The molecule has 0 aromatic rings. The van der Waals surface area contributed by atoms with E-state index in [0.717, 1.165) is 18.9 Å². The lowest BCUT2D eigenvalue weighted by atomic mass is 10.0. The molecule has 1 aliphatic carbocycles. The number of allylic oxidation sites excluding steroid dienone is 2. The van der Waals surface area contributed by atoms with E-state index in [1.165, 1.54) is 12.2 Å². The first kappa shape index (κ1) is 11.8. The van der Waals surface area contributed by atoms with E-state index in [-0.39, 0.29) is 13.0 Å². The summed E-state index contributed by atoms with van der Waals surface area (Å²) < 4.78 is 18.1.